The Bertz CT molecular complexity index is 304. The second kappa shape index (κ2) is 6.54. The summed E-state index contributed by atoms with van der Waals surface area (Å²) in [5.41, 5.74) is 0. The SMILES string of the molecule is CCOC(=O)C(=O)[C@@H](C#N)C(=O)OCC. The number of esters is 2. The first kappa shape index (κ1) is 13.1. The predicted molar refractivity (Wildman–Crippen MR) is 47.4 cm³/mol. The minimum atomic E-state index is -1.73. The van der Waals surface area contributed by atoms with Gasteiger partial charge in [-0.05, 0) is 13.8 Å². The van der Waals surface area contributed by atoms with E-state index in [1.807, 2.05) is 0 Å². The number of carbonyl (C=O) groups is 3. The molecule has 0 bridgehead atoms. The molecule has 0 N–H and O–H groups in total. The molecule has 6 heteroatoms. The third-order valence-electron chi connectivity index (χ3n) is 1.39. The van der Waals surface area contributed by atoms with Gasteiger partial charge in [-0.15, -0.1) is 0 Å². The Kier molecular flexibility index (Phi) is 5.71. The van der Waals surface area contributed by atoms with Crippen LogP contribution in [0, 0.1) is 17.2 Å². The molecule has 1 atom stereocenters. The fourth-order valence-corrected chi connectivity index (χ4v) is 0.764. The third kappa shape index (κ3) is 3.77. The number of nitriles is 1. The normalized spacial score (nSPS) is 11.0. The van der Waals surface area contributed by atoms with Gasteiger partial charge in [0.25, 0.3) is 5.78 Å². The van der Waals surface area contributed by atoms with Crippen molar-refractivity contribution >= 4 is 17.7 Å². The van der Waals surface area contributed by atoms with Gasteiger partial charge >= 0.3 is 11.9 Å². The Morgan fingerprint density at radius 1 is 1.20 bits per heavy atom. The zero-order valence-electron chi connectivity index (χ0n) is 8.48. The van der Waals surface area contributed by atoms with Crippen molar-refractivity contribution in [2.24, 2.45) is 5.92 Å². The van der Waals surface area contributed by atoms with Gasteiger partial charge in [-0.25, -0.2) is 4.79 Å². The number of carbonyl (C=O) groups excluding carboxylic acids is 3. The van der Waals surface area contributed by atoms with Crippen LogP contribution >= 0.6 is 0 Å². The van der Waals surface area contributed by atoms with Crippen LogP contribution in [0.1, 0.15) is 13.8 Å². The maximum Gasteiger partial charge on any atom is 0.376 e. The Hall–Kier alpha value is -1.90. The van der Waals surface area contributed by atoms with Gasteiger partial charge in [0, 0.05) is 0 Å². The van der Waals surface area contributed by atoms with Crippen LogP contribution in [0.5, 0.6) is 0 Å². The summed E-state index contributed by atoms with van der Waals surface area (Å²) in [6, 6.07) is 1.40. The molecule has 15 heavy (non-hydrogen) atoms. The van der Waals surface area contributed by atoms with Gasteiger partial charge < -0.3 is 9.47 Å². The van der Waals surface area contributed by atoms with Crippen molar-refractivity contribution in [2.45, 2.75) is 13.8 Å². The van der Waals surface area contributed by atoms with Crippen molar-refractivity contribution in [3.05, 3.63) is 0 Å². The summed E-state index contributed by atoms with van der Waals surface area (Å²) in [5, 5.41) is 8.53. The molecule has 0 unspecified atom stereocenters. The first-order chi connectivity index (χ1) is 7.08. The summed E-state index contributed by atoms with van der Waals surface area (Å²) in [6.45, 7) is 3.08. The second-order valence-electron chi connectivity index (χ2n) is 2.40. The molecular formula is C9H11NO5. The van der Waals surface area contributed by atoms with Gasteiger partial charge in [-0.2, -0.15) is 5.26 Å². The van der Waals surface area contributed by atoms with E-state index in [9.17, 15) is 14.4 Å². The van der Waals surface area contributed by atoms with Crippen LogP contribution in [-0.4, -0.2) is 30.9 Å². The van der Waals surface area contributed by atoms with E-state index in [2.05, 4.69) is 9.47 Å². The molecule has 0 fully saturated rings. The third-order valence-corrected chi connectivity index (χ3v) is 1.39. The minimum Gasteiger partial charge on any atom is -0.465 e. The lowest BCUT2D eigenvalue weighted by molar-refractivity contribution is -0.160. The fraction of sp³-hybridized carbons (Fsp3) is 0.556. The highest BCUT2D eigenvalue weighted by Gasteiger charge is 2.33. The fourth-order valence-electron chi connectivity index (χ4n) is 0.764. The molecule has 0 aliphatic rings. The summed E-state index contributed by atoms with van der Waals surface area (Å²) in [4.78, 5) is 33.2. The van der Waals surface area contributed by atoms with E-state index in [1.54, 1.807) is 0 Å². The van der Waals surface area contributed by atoms with Crippen molar-refractivity contribution < 1.29 is 23.9 Å². The molecule has 0 radical (unpaired) electrons. The summed E-state index contributed by atoms with van der Waals surface area (Å²) >= 11 is 0. The molecule has 0 spiro atoms. The Morgan fingerprint density at radius 2 is 1.73 bits per heavy atom. The van der Waals surface area contributed by atoms with Gasteiger partial charge in [0.15, 0.2) is 0 Å². The predicted octanol–water partition coefficient (Wildman–Crippen LogP) is -0.179. The van der Waals surface area contributed by atoms with E-state index >= 15 is 0 Å². The molecule has 6 nitrogen and oxygen atoms in total. The van der Waals surface area contributed by atoms with Crippen LogP contribution in [0.15, 0.2) is 0 Å². The van der Waals surface area contributed by atoms with Crippen molar-refractivity contribution in [3.8, 4) is 6.07 Å². The van der Waals surface area contributed by atoms with Gasteiger partial charge in [-0.3, -0.25) is 9.59 Å². The molecule has 0 rings (SSSR count). The van der Waals surface area contributed by atoms with E-state index < -0.39 is 23.6 Å². The lowest BCUT2D eigenvalue weighted by Gasteiger charge is -2.06. The van der Waals surface area contributed by atoms with Crippen LogP contribution in [0.4, 0.5) is 0 Å². The van der Waals surface area contributed by atoms with E-state index in [0.29, 0.717) is 0 Å². The molecule has 82 valence electrons. The molecule has 0 heterocycles. The summed E-state index contributed by atoms with van der Waals surface area (Å²) in [6.07, 6.45) is 0. The molecule has 0 aromatic rings. The topological polar surface area (TPSA) is 93.5 Å². The maximum atomic E-state index is 11.2. The van der Waals surface area contributed by atoms with E-state index in [0.717, 1.165) is 0 Å². The van der Waals surface area contributed by atoms with Crippen LogP contribution in [0.25, 0.3) is 0 Å². The van der Waals surface area contributed by atoms with Crippen molar-refractivity contribution in [2.75, 3.05) is 13.2 Å². The smallest absolute Gasteiger partial charge is 0.376 e. The highest BCUT2D eigenvalue weighted by atomic mass is 16.5. The molecule has 0 aliphatic carbocycles. The highest BCUT2D eigenvalue weighted by molar-refractivity contribution is 6.38. The van der Waals surface area contributed by atoms with Crippen molar-refractivity contribution in [3.63, 3.8) is 0 Å². The number of hydrogen-bond donors (Lipinski definition) is 0. The number of nitrogens with zero attached hydrogens (tertiary/aromatic N) is 1. The van der Waals surface area contributed by atoms with E-state index in [4.69, 9.17) is 5.26 Å². The van der Waals surface area contributed by atoms with Gasteiger partial charge in [0.2, 0.25) is 5.92 Å². The molecule has 0 amide bonds. The molecule has 0 aromatic heterocycles. The molecular weight excluding hydrogens is 202 g/mol. The number of rotatable bonds is 5. The average molecular weight is 213 g/mol. The van der Waals surface area contributed by atoms with Gasteiger partial charge in [0.05, 0.1) is 19.3 Å². The molecule has 0 saturated carbocycles. The average Bonchev–Trinajstić information content (AvgIpc) is 2.19. The molecule has 0 saturated heterocycles. The van der Waals surface area contributed by atoms with Gasteiger partial charge in [0.1, 0.15) is 0 Å². The quantitative estimate of drug-likeness (QED) is 0.357. The van der Waals surface area contributed by atoms with E-state index in [1.165, 1.54) is 19.9 Å². The number of Topliss-reactive ketones (excluding diaryl/α,β-unsaturated/α-hetero) is 1. The molecule has 0 aromatic carbocycles. The van der Waals surface area contributed by atoms with E-state index in [-0.39, 0.29) is 13.2 Å². The van der Waals surface area contributed by atoms with Crippen molar-refractivity contribution in [1.82, 2.24) is 0 Å². The standard InChI is InChI=1S/C9H11NO5/c1-3-14-8(12)6(5-10)7(11)9(13)15-4-2/h6H,3-4H2,1-2H3/t6-/m1/s1. The minimum absolute atomic E-state index is 0.00550. The number of ketones is 1. The largest absolute Gasteiger partial charge is 0.465 e. The van der Waals surface area contributed by atoms with Crippen molar-refractivity contribution in [1.29, 1.82) is 5.26 Å². The summed E-state index contributed by atoms with van der Waals surface area (Å²) < 4.78 is 8.82. The number of ether oxygens (including phenoxy) is 2. The molecule has 0 aliphatic heterocycles. The lowest BCUT2D eigenvalue weighted by atomic mass is 10.1. The van der Waals surface area contributed by atoms with Crippen LogP contribution in [0.2, 0.25) is 0 Å². The van der Waals surface area contributed by atoms with Crippen LogP contribution < -0.4 is 0 Å². The van der Waals surface area contributed by atoms with Gasteiger partial charge in [-0.1, -0.05) is 0 Å². The highest BCUT2D eigenvalue weighted by Crippen LogP contribution is 2.02. The van der Waals surface area contributed by atoms with Crippen LogP contribution in [-0.2, 0) is 23.9 Å². The Labute approximate surface area is 86.8 Å². The summed E-state index contributed by atoms with van der Waals surface area (Å²) in [5.74, 6) is -5.16. The zero-order chi connectivity index (χ0) is 11.8. The van der Waals surface area contributed by atoms with Crippen LogP contribution in [0.3, 0.4) is 0 Å². The Balaban J connectivity index is 4.56. The first-order valence-corrected chi connectivity index (χ1v) is 4.35. The maximum absolute atomic E-state index is 11.2. The Morgan fingerprint density at radius 3 is 2.13 bits per heavy atom. The summed E-state index contributed by atoms with van der Waals surface area (Å²) in [7, 11) is 0. The number of hydrogen-bond acceptors (Lipinski definition) is 6. The second-order valence-corrected chi connectivity index (χ2v) is 2.40. The lowest BCUT2D eigenvalue weighted by Crippen LogP contribution is -2.31. The first-order valence-electron chi connectivity index (χ1n) is 4.35. The zero-order valence-corrected chi connectivity index (χ0v) is 8.48. The monoisotopic (exact) mass is 213 g/mol.